The molecule has 0 atom stereocenters. The zero-order chi connectivity index (χ0) is 10.6. The number of hydrogen-bond acceptors (Lipinski definition) is 4. The Morgan fingerprint density at radius 3 is 2.86 bits per heavy atom. The maximum absolute atomic E-state index is 10.6. The lowest BCUT2D eigenvalue weighted by Crippen LogP contribution is -2.01. The highest BCUT2D eigenvalue weighted by Gasteiger charge is 2.20. The van der Waals surface area contributed by atoms with Gasteiger partial charge in [0.15, 0.2) is 0 Å². The number of hydrogen-bond donors (Lipinski definition) is 0. The molecule has 0 spiro atoms. The van der Waals surface area contributed by atoms with Gasteiger partial charge in [-0.25, -0.2) is 9.97 Å². The van der Waals surface area contributed by atoms with Crippen molar-refractivity contribution in [2.75, 3.05) is 0 Å². The molecule has 0 unspecified atom stereocenters. The van der Waals surface area contributed by atoms with Crippen molar-refractivity contribution >= 4 is 17.3 Å². The summed E-state index contributed by atoms with van der Waals surface area (Å²) in [5.74, 6) is 0. The van der Waals surface area contributed by atoms with E-state index in [1.165, 1.54) is 6.33 Å². The first-order valence-corrected chi connectivity index (χ1v) is 4.68. The Labute approximate surface area is 86.3 Å². The van der Waals surface area contributed by atoms with Crippen molar-refractivity contribution in [3.05, 3.63) is 27.3 Å². The molecule has 1 aromatic rings. The van der Waals surface area contributed by atoms with Crippen molar-refractivity contribution in [1.82, 2.24) is 9.97 Å². The number of unbranched alkanes of at least 4 members (excludes halogenated alkanes) is 1. The fourth-order valence-electron chi connectivity index (χ4n) is 1.10. The van der Waals surface area contributed by atoms with Gasteiger partial charge >= 0.3 is 5.69 Å². The summed E-state index contributed by atoms with van der Waals surface area (Å²) in [5, 5.41) is 10.6. The number of nitrogens with zero attached hydrogens (tertiary/aromatic N) is 3. The van der Waals surface area contributed by atoms with Gasteiger partial charge in [-0.2, -0.15) is 0 Å². The highest BCUT2D eigenvalue weighted by atomic mass is 35.5. The van der Waals surface area contributed by atoms with Crippen molar-refractivity contribution < 1.29 is 4.92 Å². The lowest BCUT2D eigenvalue weighted by Gasteiger charge is -2.00. The minimum atomic E-state index is -0.534. The number of rotatable bonds is 4. The molecule has 14 heavy (non-hydrogen) atoms. The van der Waals surface area contributed by atoms with Gasteiger partial charge in [0.1, 0.15) is 12.0 Å². The number of nitro groups is 1. The van der Waals surface area contributed by atoms with Gasteiger partial charge in [0, 0.05) is 0 Å². The van der Waals surface area contributed by atoms with Crippen LogP contribution in [-0.4, -0.2) is 14.9 Å². The van der Waals surface area contributed by atoms with Crippen molar-refractivity contribution in [3.8, 4) is 0 Å². The molecule has 0 aliphatic rings. The standard InChI is InChI=1S/C8H10ClN3O2/c1-2-3-4-6-7(12(13)14)8(9)11-5-10-6/h5H,2-4H2,1H3. The molecule has 5 nitrogen and oxygen atoms in total. The summed E-state index contributed by atoms with van der Waals surface area (Å²) in [6, 6.07) is 0. The van der Waals surface area contributed by atoms with E-state index in [0.717, 1.165) is 12.8 Å². The summed E-state index contributed by atoms with van der Waals surface area (Å²) < 4.78 is 0. The van der Waals surface area contributed by atoms with E-state index in [2.05, 4.69) is 9.97 Å². The molecule has 0 aromatic carbocycles. The molecule has 1 heterocycles. The molecule has 0 aliphatic carbocycles. The molecule has 0 fully saturated rings. The van der Waals surface area contributed by atoms with E-state index in [9.17, 15) is 10.1 Å². The van der Waals surface area contributed by atoms with Crippen LogP contribution >= 0.6 is 11.6 Å². The summed E-state index contributed by atoms with van der Waals surface area (Å²) >= 11 is 5.61. The van der Waals surface area contributed by atoms with Crippen LogP contribution in [0.5, 0.6) is 0 Å². The van der Waals surface area contributed by atoms with E-state index < -0.39 is 4.92 Å². The molecule has 0 bridgehead atoms. The van der Waals surface area contributed by atoms with Crippen LogP contribution in [-0.2, 0) is 6.42 Å². The fourth-order valence-corrected chi connectivity index (χ4v) is 1.32. The maximum atomic E-state index is 10.6. The average molecular weight is 216 g/mol. The summed E-state index contributed by atoms with van der Waals surface area (Å²) in [6.07, 6.45) is 3.63. The zero-order valence-corrected chi connectivity index (χ0v) is 8.49. The molecule has 76 valence electrons. The molecule has 0 aliphatic heterocycles. The summed E-state index contributed by atoms with van der Waals surface area (Å²) in [5.41, 5.74) is 0.250. The Hall–Kier alpha value is -1.23. The Balaban J connectivity index is 3.02. The predicted molar refractivity (Wildman–Crippen MR) is 52.3 cm³/mol. The van der Waals surface area contributed by atoms with E-state index in [1.54, 1.807) is 0 Å². The minimum absolute atomic E-state index is 0.0869. The molecule has 0 amide bonds. The smallest absolute Gasteiger partial charge is 0.258 e. The third-order valence-electron chi connectivity index (χ3n) is 1.80. The van der Waals surface area contributed by atoms with Crippen molar-refractivity contribution in [2.45, 2.75) is 26.2 Å². The van der Waals surface area contributed by atoms with E-state index in [-0.39, 0.29) is 10.8 Å². The van der Waals surface area contributed by atoms with Crippen LogP contribution in [0.25, 0.3) is 0 Å². The Kier molecular flexibility index (Phi) is 3.76. The van der Waals surface area contributed by atoms with Crippen LogP contribution in [0.2, 0.25) is 5.15 Å². The van der Waals surface area contributed by atoms with E-state index >= 15 is 0 Å². The topological polar surface area (TPSA) is 68.9 Å². The molecule has 0 saturated carbocycles. The van der Waals surface area contributed by atoms with Crippen LogP contribution in [0.3, 0.4) is 0 Å². The summed E-state index contributed by atoms with van der Waals surface area (Å²) in [7, 11) is 0. The van der Waals surface area contributed by atoms with Gasteiger partial charge in [0.2, 0.25) is 5.15 Å². The van der Waals surface area contributed by atoms with Crippen molar-refractivity contribution in [2.24, 2.45) is 0 Å². The Morgan fingerprint density at radius 1 is 1.57 bits per heavy atom. The van der Waals surface area contributed by atoms with Crippen molar-refractivity contribution in [1.29, 1.82) is 0 Å². The molecule has 0 N–H and O–H groups in total. The minimum Gasteiger partial charge on any atom is -0.258 e. The van der Waals surface area contributed by atoms with Crippen molar-refractivity contribution in [3.63, 3.8) is 0 Å². The van der Waals surface area contributed by atoms with E-state index in [4.69, 9.17) is 11.6 Å². The zero-order valence-electron chi connectivity index (χ0n) is 7.73. The van der Waals surface area contributed by atoms with Crippen LogP contribution in [0.1, 0.15) is 25.5 Å². The van der Waals surface area contributed by atoms with Gasteiger partial charge in [-0.15, -0.1) is 0 Å². The fraction of sp³-hybridized carbons (Fsp3) is 0.500. The molecule has 6 heteroatoms. The summed E-state index contributed by atoms with van der Waals surface area (Å²) in [6.45, 7) is 2.01. The van der Waals surface area contributed by atoms with E-state index in [0.29, 0.717) is 12.1 Å². The second-order valence-corrected chi connectivity index (χ2v) is 3.18. The lowest BCUT2D eigenvalue weighted by atomic mass is 10.2. The monoisotopic (exact) mass is 215 g/mol. The second kappa shape index (κ2) is 4.85. The van der Waals surface area contributed by atoms with Crippen LogP contribution in [0.15, 0.2) is 6.33 Å². The third kappa shape index (κ3) is 2.38. The first kappa shape index (κ1) is 10.8. The molecular weight excluding hydrogens is 206 g/mol. The summed E-state index contributed by atoms with van der Waals surface area (Å²) in [4.78, 5) is 17.6. The van der Waals surface area contributed by atoms with Crippen LogP contribution < -0.4 is 0 Å². The predicted octanol–water partition coefficient (Wildman–Crippen LogP) is 2.38. The normalized spacial score (nSPS) is 10.1. The van der Waals surface area contributed by atoms with Gasteiger partial charge < -0.3 is 0 Å². The van der Waals surface area contributed by atoms with E-state index in [1.807, 2.05) is 6.92 Å². The lowest BCUT2D eigenvalue weighted by molar-refractivity contribution is -0.386. The highest BCUT2D eigenvalue weighted by molar-refractivity contribution is 6.31. The largest absolute Gasteiger partial charge is 0.327 e. The average Bonchev–Trinajstić information content (AvgIpc) is 2.14. The highest BCUT2D eigenvalue weighted by Crippen LogP contribution is 2.25. The van der Waals surface area contributed by atoms with Gasteiger partial charge in [-0.3, -0.25) is 10.1 Å². The quantitative estimate of drug-likeness (QED) is 0.439. The molecule has 0 radical (unpaired) electrons. The van der Waals surface area contributed by atoms with Gasteiger partial charge in [-0.1, -0.05) is 24.9 Å². The molecule has 1 aromatic heterocycles. The Morgan fingerprint density at radius 2 is 2.29 bits per heavy atom. The molecule has 0 saturated heterocycles. The first-order valence-electron chi connectivity index (χ1n) is 4.30. The Bertz CT molecular complexity index is 343. The van der Waals surface area contributed by atoms with Crippen LogP contribution in [0.4, 0.5) is 5.69 Å². The van der Waals surface area contributed by atoms with Crippen LogP contribution in [0, 0.1) is 10.1 Å². The third-order valence-corrected chi connectivity index (χ3v) is 2.08. The number of aryl methyl sites for hydroxylation is 1. The number of aromatic nitrogens is 2. The van der Waals surface area contributed by atoms with Gasteiger partial charge in [-0.05, 0) is 12.8 Å². The SMILES string of the molecule is CCCCc1ncnc(Cl)c1[N+](=O)[O-]. The maximum Gasteiger partial charge on any atom is 0.327 e. The van der Waals surface area contributed by atoms with Gasteiger partial charge in [0.05, 0.1) is 4.92 Å². The first-order chi connectivity index (χ1) is 6.66. The van der Waals surface area contributed by atoms with Gasteiger partial charge in [0.25, 0.3) is 0 Å². The molecule has 1 rings (SSSR count). The number of halogens is 1. The molecular formula is C8H10ClN3O2. The second-order valence-electron chi connectivity index (χ2n) is 2.82.